The van der Waals surface area contributed by atoms with Crippen LogP contribution in [-0.4, -0.2) is 30.1 Å². The molecule has 0 bridgehead atoms. The maximum absolute atomic E-state index is 4.43. The van der Waals surface area contributed by atoms with Crippen molar-refractivity contribution in [3.8, 4) is 0 Å². The minimum Gasteiger partial charge on any atom is -0.356 e. The second-order valence-corrected chi connectivity index (χ2v) is 6.04. The van der Waals surface area contributed by atoms with Gasteiger partial charge in [-0.25, -0.2) is 4.98 Å². The van der Waals surface area contributed by atoms with Crippen molar-refractivity contribution < 1.29 is 0 Å². The number of aryl methyl sites for hydroxylation is 1. The molecule has 0 saturated heterocycles. The molecule has 0 atom stereocenters. The van der Waals surface area contributed by atoms with Gasteiger partial charge in [0.25, 0.3) is 0 Å². The number of rotatable bonds is 3. The summed E-state index contributed by atoms with van der Waals surface area (Å²) >= 11 is 1.69. The molecule has 0 aromatic carbocycles. The molecule has 0 unspecified atom stereocenters. The second-order valence-electron chi connectivity index (χ2n) is 4.98. The van der Waals surface area contributed by atoms with Gasteiger partial charge in [-0.15, -0.1) is 35.3 Å². The van der Waals surface area contributed by atoms with Crippen molar-refractivity contribution in [2.75, 3.05) is 13.6 Å². The Morgan fingerprint density at radius 2 is 2.11 bits per heavy atom. The minimum atomic E-state index is 0. The summed E-state index contributed by atoms with van der Waals surface area (Å²) in [5, 5.41) is 9.84. The van der Waals surface area contributed by atoms with Crippen LogP contribution in [0.2, 0.25) is 0 Å². The van der Waals surface area contributed by atoms with Crippen LogP contribution in [0.5, 0.6) is 0 Å². The summed E-state index contributed by atoms with van der Waals surface area (Å²) in [5.41, 5.74) is 1.17. The van der Waals surface area contributed by atoms with E-state index in [9.17, 15) is 0 Å². The molecule has 1 rings (SSSR count). The third-order valence-electron chi connectivity index (χ3n) is 2.06. The van der Waals surface area contributed by atoms with E-state index in [4.69, 9.17) is 0 Å². The van der Waals surface area contributed by atoms with Crippen molar-refractivity contribution in [3.05, 3.63) is 16.1 Å². The molecular weight excluding hydrogens is 359 g/mol. The Kier molecular flexibility index (Phi) is 7.77. The van der Waals surface area contributed by atoms with E-state index >= 15 is 0 Å². The lowest BCUT2D eigenvalue weighted by Gasteiger charge is -2.23. The quantitative estimate of drug-likeness (QED) is 0.480. The van der Waals surface area contributed by atoms with E-state index in [1.54, 1.807) is 18.4 Å². The smallest absolute Gasteiger partial charge is 0.191 e. The van der Waals surface area contributed by atoms with Gasteiger partial charge < -0.3 is 10.6 Å². The van der Waals surface area contributed by atoms with Gasteiger partial charge in [0.15, 0.2) is 5.96 Å². The lowest BCUT2D eigenvalue weighted by atomic mass is 10.1. The second kappa shape index (κ2) is 7.93. The van der Waals surface area contributed by atoms with Crippen molar-refractivity contribution in [2.24, 2.45) is 4.99 Å². The Morgan fingerprint density at radius 3 is 2.56 bits per heavy atom. The summed E-state index contributed by atoms with van der Waals surface area (Å²) in [4.78, 5) is 8.61. The number of thiazole rings is 1. The first-order chi connectivity index (χ1) is 7.90. The molecule has 1 aromatic rings. The average molecular weight is 382 g/mol. The molecule has 2 N–H and O–H groups in total. The molecule has 0 amide bonds. The summed E-state index contributed by atoms with van der Waals surface area (Å²) in [7, 11) is 1.79. The van der Waals surface area contributed by atoms with Gasteiger partial charge in [0.1, 0.15) is 0 Å². The van der Waals surface area contributed by atoms with E-state index in [-0.39, 0.29) is 29.5 Å². The van der Waals surface area contributed by atoms with Gasteiger partial charge >= 0.3 is 0 Å². The molecule has 0 radical (unpaired) electrons. The molecule has 104 valence electrons. The molecule has 0 saturated carbocycles. The fourth-order valence-electron chi connectivity index (χ4n) is 1.37. The molecular formula is C12H23IN4S. The molecule has 18 heavy (non-hydrogen) atoms. The normalized spacial score (nSPS) is 11.9. The predicted molar refractivity (Wildman–Crippen MR) is 90.2 cm³/mol. The van der Waals surface area contributed by atoms with Gasteiger partial charge in [-0.3, -0.25) is 4.99 Å². The van der Waals surface area contributed by atoms with Gasteiger partial charge in [0, 0.05) is 30.9 Å². The summed E-state index contributed by atoms with van der Waals surface area (Å²) in [6, 6.07) is 0. The summed E-state index contributed by atoms with van der Waals surface area (Å²) in [6.45, 7) is 9.22. The number of halogens is 1. The van der Waals surface area contributed by atoms with Crippen molar-refractivity contribution in [2.45, 2.75) is 39.7 Å². The number of hydrogen-bond donors (Lipinski definition) is 2. The molecule has 6 heteroatoms. The molecule has 4 nitrogen and oxygen atoms in total. The van der Waals surface area contributed by atoms with Crippen LogP contribution in [0, 0.1) is 6.92 Å². The van der Waals surface area contributed by atoms with Crippen molar-refractivity contribution in [1.29, 1.82) is 0 Å². The van der Waals surface area contributed by atoms with Crippen LogP contribution >= 0.6 is 35.3 Å². The number of aliphatic imine (C=N–C) groups is 1. The summed E-state index contributed by atoms with van der Waals surface area (Å²) in [5.74, 6) is 0.837. The lowest BCUT2D eigenvalue weighted by molar-refractivity contribution is 0.501. The highest BCUT2D eigenvalue weighted by Gasteiger charge is 2.11. The maximum Gasteiger partial charge on any atom is 0.191 e. The molecule has 0 spiro atoms. The molecule has 0 fully saturated rings. The molecule has 0 aliphatic carbocycles. The Balaban J connectivity index is 0.00000289. The fraction of sp³-hybridized carbons (Fsp3) is 0.667. The first kappa shape index (κ1) is 17.6. The summed E-state index contributed by atoms with van der Waals surface area (Å²) < 4.78 is 0. The first-order valence-corrected chi connectivity index (χ1v) is 6.68. The Morgan fingerprint density at radius 1 is 1.44 bits per heavy atom. The van der Waals surface area contributed by atoms with E-state index in [0.717, 1.165) is 29.6 Å². The monoisotopic (exact) mass is 382 g/mol. The minimum absolute atomic E-state index is 0. The molecule has 0 aliphatic heterocycles. The highest BCUT2D eigenvalue weighted by Crippen LogP contribution is 2.07. The highest BCUT2D eigenvalue weighted by molar-refractivity contribution is 14.0. The number of nitrogens with one attached hydrogen (secondary N) is 2. The van der Waals surface area contributed by atoms with Crippen LogP contribution in [0.25, 0.3) is 0 Å². The first-order valence-electron chi connectivity index (χ1n) is 5.80. The van der Waals surface area contributed by atoms with Crippen LogP contribution in [0.4, 0.5) is 0 Å². The van der Waals surface area contributed by atoms with Gasteiger partial charge in [-0.2, -0.15) is 0 Å². The lowest BCUT2D eigenvalue weighted by Crippen LogP contribution is -2.48. The standard InChI is InChI=1S/C12H22N4S.HI/c1-9-15-10(8-17-9)6-7-14-11(13-5)16-12(2,3)4;/h8H,6-7H2,1-5H3,(H2,13,14,16);1H. The van der Waals surface area contributed by atoms with Gasteiger partial charge in [0.05, 0.1) is 10.7 Å². The zero-order valence-electron chi connectivity index (χ0n) is 11.7. The van der Waals surface area contributed by atoms with Crippen molar-refractivity contribution in [1.82, 2.24) is 15.6 Å². The van der Waals surface area contributed by atoms with Crippen molar-refractivity contribution >= 4 is 41.3 Å². The van der Waals surface area contributed by atoms with E-state index in [1.807, 2.05) is 6.92 Å². The Hall–Kier alpha value is -0.370. The topological polar surface area (TPSA) is 49.3 Å². The van der Waals surface area contributed by atoms with Crippen LogP contribution in [0.15, 0.2) is 10.4 Å². The van der Waals surface area contributed by atoms with Crippen LogP contribution in [0.3, 0.4) is 0 Å². The highest BCUT2D eigenvalue weighted by atomic mass is 127. The van der Waals surface area contributed by atoms with E-state index in [0.29, 0.717) is 0 Å². The number of aromatic nitrogens is 1. The SMILES string of the molecule is CN=C(NCCc1csc(C)n1)NC(C)(C)C.I. The largest absolute Gasteiger partial charge is 0.356 e. The fourth-order valence-corrected chi connectivity index (χ4v) is 2.01. The Labute approximate surface area is 131 Å². The molecule has 1 aromatic heterocycles. The van der Waals surface area contributed by atoms with Crippen molar-refractivity contribution in [3.63, 3.8) is 0 Å². The third-order valence-corrected chi connectivity index (χ3v) is 2.88. The zero-order valence-corrected chi connectivity index (χ0v) is 14.8. The van der Waals surface area contributed by atoms with Gasteiger partial charge in [-0.05, 0) is 27.7 Å². The number of nitrogens with zero attached hydrogens (tertiary/aromatic N) is 2. The Bertz CT molecular complexity index is 382. The van der Waals surface area contributed by atoms with Gasteiger partial charge in [-0.1, -0.05) is 0 Å². The van der Waals surface area contributed by atoms with Crippen LogP contribution in [-0.2, 0) is 6.42 Å². The van der Waals surface area contributed by atoms with E-state index in [2.05, 4.69) is 46.8 Å². The predicted octanol–water partition coefficient (Wildman–Crippen LogP) is 2.58. The molecule has 1 heterocycles. The zero-order chi connectivity index (χ0) is 12.9. The molecule has 0 aliphatic rings. The average Bonchev–Trinajstić information content (AvgIpc) is 2.61. The van der Waals surface area contributed by atoms with Gasteiger partial charge in [0.2, 0.25) is 0 Å². The summed E-state index contributed by atoms with van der Waals surface area (Å²) in [6.07, 6.45) is 0.926. The van der Waals surface area contributed by atoms with Crippen LogP contribution in [0.1, 0.15) is 31.5 Å². The van der Waals surface area contributed by atoms with Crippen LogP contribution < -0.4 is 10.6 Å². The maximum atomic E-state index is 4.43. The number of hydrogen-bond acceptors (Lipinski definition) is 3. The van der Waals surface area contributed by atoms with E-state index in [1.165, 1.54) is 0 Å². The number of guanidine groups is 1. The third kappa shape index (κ3) is 7.15. The van der Waals surface area contributed by atoms with E-state index < -0.39 is 0 Å².